The number of carbonyl (C=O) groups excluding carboxylic acids is 3. The molecule has 3 rings (SSSR count). The number of ketones is 1. The minimum Gasteiger partial charge on any atom is -0.497 e. The van der Waals surface area contributed by atoms with Crippen LogP contribution in [0.25, 0.3) is 0 Å². The molecule has 0 spiro atoms. The van der Waals surface area contributed by atoms with Crippen molar-refractivity contribution in [3.63, 3.8) is 0 Å². The summed E-state index contributed by atoms with van der Waals surface area (Å²) in [5.74, 6) is -0.859. The van der Waals surface area contributed by atoms with E-state index in [-0.39, 0.29) is 23.6 Å². The predicted octanol–water partition coefficient (Wildman–Crippen LogP) is 3.99. The van der Waals surface area contributed by atoms with Crippen LogP contribution in [-0.4, -0.2) is 31.4 Å². The molecule has 0 saturated carbocycles. The summed E-state index contributed by atoms with van der Waals surface area (Å²) in [4.78, 5) is 37.1. The highest BCUT2D eigenvalue weighted by Crippen LogP contribution is 2.19. The van der Waals surface area contributed by atoms with Gasteiger partial charge >= 0.3 is 5.97 Å². The molecule has 0 bridgehead atoms. The van der Waals surface area contributed by atoms with E-state index in [1.54, 1.807) is 72.8 Å². The molecule has 146 valence electrons. The Labute approximate surface area is 168 Å². The van der Waals surface area contributed by atoms with Gasteiger partial charge in [0.05, 0.1) is 18.4 Å². The van der Waals surface area contributed by atoms with Crippen LogP contribution in [-0.2, 0) is 4.74 Å². The molecule has 1 N–H and O–H groups in total. The second-order valence-electron chi connectivity index (χ2n) is 6.10. The first-order valence-corrected chi connectivity index (χ1v) is 8.88. The molecule has 0 heterocycles. The van der Waals surface area contributed by atoms with Crippen LogP contribution in [0.2, 0.25) is 0 Å². The topological polar surface area (TPSA) is 81.7 Å². The van der Waals surface area contributed by atoms with E-state index in [4.69, 9.17) is 9.47 Å². The number of anilines is 1. The fraction of sp³-hybridized carbons (Fsp3) is 0.0870. The number of benzene rings is 3. The molecule has 3 aromatic rings. The standard InChI is InChI=1S/C23H19NO5/c1-28-18-11-7-10-17(14-18)22(26)24-20-13-6-5-12-19(20)23(27)29-15-21(25)16-8-3-2-4-9-16/h2-14H,15H2,1H3,(H,24,26). The average Bonchev–Trinajstić information content (AvgIpc) is 2.78. The fourth-order valence-corrected chi connectivity index (χ4v) is 2.65. The summed E-state index contributed by atoms with van der Waals surface area (Å²) in [5, 5.41) is 2.70. The first kappa shape index (κ1) is 19.8. The molecule has 6 nitrogen and oxygen atoms in total. The third-order valence-corrected chi connectivity index (χ3v) is 4.16. The van der Waals surface area contributed by atoms with Gasteiger partial charge in [-0.1, -0.05) is 48.5 Å². The monoisotopic (exact) mass is 389 g/mol. The Kier molecular flexibility index (Phi) is 6.37. The van der Waals surface area contributed by atoms with Gasteiger partial charge < -0.3 is 14.8 Å². The van der Waals surface area contributed by atoms with Gasteiger partial charge in [-0.15, -0.1) is 0 Å². The quantitative estimate of drug-likeness (QED) is 0.488. The van der Waals surface area contributed by atoms with Gasteiger partial charge in [-0.05, 0) is 30.3 Å². The van der Waals surface area contributed by atoms with E-state index in [9.17, 15) is 14.4 Å². The van der Waals surface area contributed by atoms with Crippen molar-refractivity contribution in [2.24, 2.45) is 0 Å². The third-order valence-electron chi connectivity index (χ3n) is 4.16. The molecular formula is C23H19NO5. The molecule has 29 heavy (non-hydrogen) atoms. The Bertz CT molecular complexity index is 1030. The van der Waals surface area contributed by atoms with Crippen LogP contribution >= 0.6 is 0 Å². The molecule has 0 saturated heterocycles. The summed E-state index contributed by atoms with van der Waals surface area (Å²) in [6, 6.07) is 21.7. The van der Waals surface area contributed by atoms with E-state index >= 15 is 0 Å². The maximum absolute atomic E-state index is 12.5. The van der Waals surface area contributed by atoms with Crippen molar-refractivity contribution in [2.75, 3.05) is 19.0 Å². The minimum absolute atomic E-state index is 0.157. The second kappa shape index (κ2) is 9.32. The number of hydrogen-bond acceptors (Lipinski definition) is 5. The number of nitrogens with one attached hydrogen (secondary N) is 1. The maximum atomic E-state index is 12.5. The normalized spacial score (nSPS) is 10.1. The van der Waals surface area contributed by atoms with Crippen LogP contribution in [0.5, 0.6) is 5.75 Å². The highest BCUT2D eigenvalue weighted by molar-refractivity contribution is 6.08. The lowest BCUT2D eigenvalue weighted by Gasteiger charge is -2.11. The van der Waals surface area contributed by atoms with Crippen molar-refractivity contribution in [1.29, 1.82) is 0 Å². The second-order valence-corrected chi connectivity index (χ2v) is 6.10. The molecule has 0 aromatic heterocycles. The van der Waals surface area contributed by atoms with Crippen molar-refractivity contribution in [3.05, 3.63) is 95.6 Å². The Balaban J connectivity index is 1.70. The van der Waals surface area contributed by atoms with Crippen molar-refractivity contribution >= 4 is 23.3 Å². The lowest BCUT2D eigenvalue weighted by Crippen LogP contribution is -2.18. The third kappa shape index (κ3) is 5.07. The van der Waals surface area contributed by atoms with Gasteiger partial charge in [0.1, 0.15) is 5.75 Å². The Morgan fingerprint density at radius 1 is 0.828 bits per heavy atom. The van der Waals surface area contributed by atoms with Crippen LogP contribution in [0.1, 0.15) is 31.1 Å². The number of hydrogen-bond donors (Lipinski definition) is 1. The van der Waals surface area contributed by atoms with Gasteiger partial charge in [0, 0.05) is 11.1 Å². The first-order chi connectivity index (χ1) is 14.1. The number of para-hydroxylation sites is 1. The van der Waals surface area contributed by atoms with Crippen LogP contribution < -0.4 is 10.1 Å². The van der Waals surface area contributed by atoms with Crippen molar-refractivity contribution in [1.82, 2.24) is 0 Å². The molecule has 1 amide bonds. The van der Waals surface area contributed by atoms with Crippen molar-refractivity contribution in [2.45, 2.75) is 0 Å². The summed E-state index contributed by atoms with van der Waals surface area (Å²) in [5.41, 5.74) is 1.29. The summed E-state index contributed by atoms with van der Waals surface area (Å²) in [6.07, 6.45) is 0. The van der Waals surface area contributed by atoms with Crippen LogP contribution in [0, 0.1) is 0 Å². The number of amides is 1. The molecule has 3 aromatic carbocycles. The van der Waals surface area contributed by atoms with E-state index in [2.05, 4.69) is 5.32 Å². The van der Waals surface area contributed by atoms with Gasteiger partial charge in [-0.2, -0.15) is 0 Å². The van der Waals surface area contributed by atoms with E-state index < -0.39 is 11.9 Å². The van der Waals surface area contributed by atoms with E-state index in [1.807, 2.05) is 0 Å². The molecule has 6 heteroatoms. The molecule has 0 radical (unpaired) electrons. The zero-order chi connectivity index (χ0) is 20.6. The summed E-state index contributed by atoms with van der Waals surface area (Å²) < 4.78 is 10.3. The SMILES string of the molecule is COc1cccc(C(=O)Nc2ccccc2C(=O)OCC(=O)c2ccccc2)c1. The molecule has 0 fully saturated rings. The molecule has 0 unspecified atom stereocenters. The van der Waals surface area contributed by atoms with Gasteiger partial charge in [0.15, 0.2) is 12.4 Å². The minimum atomic E-state index is -0.698. The number of ether oxygens (including phenoxy) is 2. The summed E-state index contributed by atoms with van der Waals surface area (Å²) in [6.45, 7) is -0.388. The zero-order valence-corrected chi connectivity index (χ0v) is 15.8. The van der Waals surface area contributed by atoms with Gasteiger partial charge in [0.2, 0.25) is 0 Å². The molecule has 0 aliphatic heterocycles. The Morgan fingerprint density at radius 3 is 2.28 bits per heavy atom. The smallest absolute Gasteiger partial charge is 0.340 e. The highest BCUT2D eigenvalue weighted by Gasteiger charge is 2.17. The molecule has 0 aliphatic carbocycles. The molecule has 0 atom stereocenters. The Hall–Kier alpha value is -3.93. The first-order valence-electron chi connectivity index (χ1n) is 8.88. The van der Waals surface area contributed by atoms with Gasteiger partial charge in [-0.3, -0.25) is 9.59 Å². The Morgan fingerprint density at radius 2 is 1.52 bits per heavy atom. The summed E-state index contributed by atoms with van der Waals surface area (Å²) >= 11 is 0. The maximum Gasteiger partial charge on any atom is 0.340 e. The predicted molar refractivity (Wildman–Crippen MR) is 108 cm³/mol. The molecular weight excluding hydrogens is 370 g/mol. The average molecular weight is 389 g/mol. The lowest BCUT2D eigenvalue weighted by atomic mass is 10.1. The van der Waals surface area contributed by atoms with Crippen LogP contribution in [0.3, 0.4) is 0 Å². The number of methoxy groups -OCH3 is 1. The van der Waals surface area contributed by atoms with Gasteiger partial charge in [0.25, 0.3) is 5.91 Å². The number of Topliss-reactive ketones (excluding diaryl/α,β-unsaturated/α-hetero) is 1. The lowest BCUT2D eigenvalue weighted by molar-refractivity contribution is 0.0475. The largest absolute Gasteiger partial charge is 0.497 e. The van der Waals surface area contributed by atoms with Crippen molar-refractivity contribution < 1.29 is 23.9 Å². The van der Waals surface area contributed by atoms with Crippen molar-refractivity contribution in [3.8, 4) is 5.75 Å². The number of carbonyl (C=O) groups is 3. The van der Waals surface area contributed by atoms with Gasteiger partial charge in [-0.25, -0.2) is 4.79 Å². The molecule has 0 aliphatic rings. The number of esters is 1. The fourth-order valence-electron chi connectivity index (χ4n) is 2.65. The van der Waals surface area contributed by atoms with E-state index in [1.165, 1.54) is 13.2 Å². The van der Waals surface area contributed by atoms with E-state index in [0.29, 0.717) is 16.9 Å². The zero-order valence-electron chi connectivity index (χ0n) is 15.8. The van der Waals surface area contributed by atoms with E-state index in [0.717, 1.165) is 0 Å². The summed E-state index contributed by atoms with van der Waals surface area (Å²) in [7, 11) is 1.51. The van der Waals surface area contributed by atoms with Crippen LogP contribution in [0.15, 0.2) is 78.9 Å². The highest BCUT2D eigenvalue weighted by atomic mass is 16.5. The number of rotatable bonds is 7. The van der Waals surface area contributed by atoms with Crippen LogP contribution in [0.4, 0.5) is 5.69 Å².